The maximum atomic E-state index is 12.2. The normalized spacial score (nSPS) is 13.3. The second-order valence-corrected chi connectivity index (χ2v) is 6.59. The zero-order valence-corrected chi connectivity index (χ0v) is 15.6. The maximum Gasteiger partial charge on any atom is 0.331 e. The van der Waals surface area contributed by atoms with Crippen LogP contribution in [0.3, 0.4) is 0 Å². The van der Waals surface area contributed by atoms with E-state index >= 15 is 0 Å². The topological polar surface area (TPSA) is 64.6 Å². The molecule has 24 heavy (non-hydrogen) atoms. The van der Waals surface area contributed by atoms with Crippen molar-refractivity contribution in [2.45, 2.75) is 58.9 Å². The number of esters is 1. The Kier molecular flexibility index (Phi) is 7.26. The van der Waals surface area contributed by atoms with Gasteiger partial charge in [0.1, 0.15) is 11.3 Å². The Morgan fingerprint density at radius 2 is 1.96 bits per heavy atom. The van der Waals surface area contributed by atoms with Gasteiger partial charge in [0.05, 0.1) is 7.11 Å². The predicted molar refractivity (Wildman–Crippen MR) is 94.2 cm³/mol. The fourth-order valence-electron chi connectivity index (χ4n) is 2.56. The number of hydrogen-bond donors (Lipinski definition) is 1. The third kappa shape index (κ3) is 5.25. The van der Waals surface area contributed by atoms with Crippen molar-refractivity contribution >= 4 is 11.9 Å². The Morgan fingerprint density at radius 3 is 2.50 bits per heavy atom. The lowest BCUT2D eigenvalue weighted by molar-refractivity contribution is -0.150. The van der Waals surface area contributed by atoms with Gasteiger partial charge in [-0.25, -0.2) is 4.79 Å². The molecule has 0 aliphatic heterocycles. The Hall–Kier alpha value is -2.04. The van der Waals surface area contributed by atoms with Gasteiger partial charge in [0, 0.05) is 0 Å². The highest BCUT2D eigenvalue weighted by atomic mass is 16.5. The smallest absolute Gasteiger partial charge is 0.331 e. The minimum atomic E-state index is -1.03. The number of rotatable bonds is 8. The highest BCUT2D eigenvalue weighted by Gasteiger charge is 2.35. The molecule has 1 rings (SSSR count). The van der Waals surface area contributed by atoms with Crippen LogP contribution in [0.4, 0.5) is 0 Å². The molecular weight excluding hydrogens is 306 g/mol. The Bertz CT molecular complexity index is 583. The van der Waals surface area contributed by atoms with E-state index in [1.807, 2.05) is 26.0 Å². The first-order valence-electron chi connectivity index (χ1n) is 8.36. The second kappa shape index (κ2) is 8.71. The third-order valence-electron chi connectivity index (χ3n) is 4.04. The summed E-state index contributed by atoms with van der Waals surface area (Å²) < 4.78 is 10.5. The lowest BCUT2D eigenvalue weighted by Crippen LogP contribution is -2.53. The molecule has 1 aromatic rings. The van der Waals surface area contributed by atoms with E-state index in [0.717, 1.165) is 17.5 Å². The van der Waals surface area contributed by atoms with E-state index < -0.39 is 11.5 Å². The second-order valence-electron chi connectivity index (χ2n) is 6.59. The number of carbonyl (C=O) groups is 2. The van der Waals surface area contributed by atoms with Crippen molar-refractivity contribution in [3.05, 3.63) is 29.3 Å². The van der Waals surface area contributed by atoms with Crippen molar-refractivity contribution < 1.29 is 19.1 Å². The van der Waals surface area contributed by atoms with E-state index in [4.69, 9.17) is 9.47 Å². The number of nitrogens with one attached hydrogen (secondary N) is 1. The molecule has 0 saturated heterocycles. The van der Waals surface area contributed by atoms with Gasteiger partial charge in [-0.3, -0.25) is 4.79 Å². The van der Waals surface area contributed by atoms with Gasteiger partial charge in [0.2, 0.25) is 0 Å². The van der Waals surface area contributed by atoms with E-state index in [0.29, 0.717) is 18.1 Å². The quantitative estimate of drug-likeness (QED) is 0.740. The van der Waals surface area contributed by atoms with Gasteiger partial charge in [0.15, 0.2) is 6.61 Å². The standard InChI is InChI=1S/C19H29NO4/c1-7-10-19(5,18(22)23-6)20-17(21)12-24-16-11-15(13(2)3)9-8-14(16)4/h8-9,11,13H,7,10,12H2,1-6H3,(H,20,21). The molecule has 1 atom stereocenters. The predicted octanol–water partition coefficient (Wildman–Crippen LogP) is 3.35. The highest BCUT2D eigenvalue weighted by Crippen LogP contribution is 2.24. The summed E-state index contributed by atoms with van der Waals surface area (Å²) in [5.41, 5.74) is 1.09. The average Bonchev–Trinajstić information content (AvgIpc) is 2.53. The van der Waals surface area contributed by atoms with Gasteiger partial charge in [-0.05, 0) is 43.4 Å². The fourth-order valence-corrected chi connectivity index (χ4v) is 2.56. The van der Waals surface area contributed by atoms with Crippen LogP contribution in [0.25, 0.3) is 0 Å². The molecule has 134 valence electrons. The molecule has 0 aliphatic carbocycles. The van der Waals surface area contributed by atoms with Crippen LogP contribution in [-0.4, -0.2) is 31.1 Å². The molecule has 1 amide bonds. The average molecular weight is 335 g/mol. The molecule has 0 bridgehead atoms. The summed E-state index contributed by atoms with van der Waals surface area (Å²) in [6.45, 7) is 9.63. The molecular formula is C19H29NO4. The Morgan fingerprint density at radius 1 is 1.29 bits per heavy atom. The zero-order chi connectivity index (χ0) is 18.3. The Labute approximate surface area is 144 Å². The molecule has 1 unspecified atom stereocenters. The number of hydrogen-bond acceptors (Lipinski definition) is 4. The van der Waals surface area contributed by atoms with E-state index in [1.54, 1.807) is 6.92 Å². The van der Waals surface area contributed by atoms with Crippen LogP contribution in [-0.2, 0) is 14.3 Å². The maximum absolute atomic E-state index is 12.2. The van der Waals surface area contributed by atoms with Crippen molar-refractivity contribution in [3.63, 3.8) is 0 Å². The van der Waals surface area contributed by atoms with Crippen LogP contribution in [0.2, 0.25) is 0 Å². The SMILES string of the molecule is CCCC(C)(NC(=O)COc1cc(C(C)C)ccc1C)C(=O)OC. The zero-order valence-electron chi connectivity index (χ0n) is 15.6. The van der Waals surface area contributed by atoms with Crippen LogP contribution in [0, 0.1) is 6.92 Å². The summed E-state index contributed by atoms with van der Waals surface area (Å²) in [6.07, 6.45) is 1.26. The molecule has 0 aromatic heterocycles. The van der Waals surface area contributed by atoms with Gasteiger partial charge in [-0.1, -0.05) is 39.3 Å². The summed E-state index contributed by atoms with van der Waals surface area (Å²) >= 11 is 0. The number of methoxy groups -OCH3 is 1. The lowest BCUT2D eigenvalue weighted by Gasteiger charge is -2.27. The van der Waals surface area contributed by atoms with Crippen LogP contribution in [0.1, 0.15) is 57.6 Å². The molecule has 0 radical (unpaired) electrons. The lowest BCUT2D eigenvalue weighted by atomic mass is 9.96. The van der Waals surface area contributed by atoms with Crippen LogP contribution in [0.5, 0.6) is 5.75 Å². The third-order valence-corrected chi connectivity index (χ3v) is 4.04. The van der Waals surface area contributed by atoms with Crippen molar-refractivity contribution in [3.8, 4) is 5.75 Å². The summed E-state index contributed by atoms with van der Waals surface area (Å²) in [5.74, 6) is 0.280. The monoisotopic (exact) mass is 335 g/mol. The minimum absolute atomic E-state index is 0.140. The van der Waals surface area contributed by atoms with Crippen LogP contribution < -0.4 is 10.1 Å². The van der Waals surface area contributed by atoms with Gasteiger partial charge in [0.25, 0.3) is 5.91 Å². The molecule has 0 aliphatic rings. The minimum Gasteiger partial charge on any atom is -0.483 e. The summed E-state index contributed by atoms with van der Waals surface area (Å²) in [5, 5.41) is 2.73. The molecule has 5 heteroatoms. The number of amides is 1. The van der Waals surface area contributed by atoms with Gasteiger partial charge >= 0.3 is 5.97 Å². The molecule has 0 fully saturated rings. The van der Waals surface area contributed by atoms with Gasteiger partial charge in [-0.2, -0.15) is 0 Å². The molecule has 0 heterocycles. The van der Waals surface area contributed by atoms with E-state index in [1.165, 1.54) is 7.11 Å². The number of ether oxygens (including phenoxy) is 2. The highest BCUT2D eigenvalue weighted by molar-refractivity contribution is 5.88. The first kappa shape index (κ1) is 20.0. The van der Waals surface area contributed by atoms with Gasteiger partial charge in [-0.15, -0.1) is 0 Å². The molecule has 0 saturated carbocycles. The van der Waals surface area contributed by atoms with Crippen molar-refractivity contribution in [1.82, 2.24) is 5.32 Å². The molecule has 1 N–H and O–H groups in total. The number of aryl methyl sites for hydroxylation is 1. The first-order chi connectivity index (χ1) is 11.2. The van der Waals surface area contributed by atoms with E-state index in [2.05, 4.69) is 25.2 Å². The van der Waals surface area contributed by atoms with Crippen molar-refractivity contribution in [1.29, 1.82) is 0 Å². The molecule has 0 spiro atoms. The van der Waals surface area contributed by atoms with Gasteiger partial charge < -0.3 is 14.8 Å². The van der Waals surface area contributed by atoms with Crippen molar-refractivity contribution in [2.24, 2.45) is 0 Å². The molecule has 5 nitrogen and oxygen atoms in total. The number of benzene rings is 1. The van der Waals surface area contributed by atoms with Crippen LogP contribution >= 0.6 is 0 Å². The summed E-state index contributed by atoms with van der Waals surface area (Å²) in [4.78, 5) is 24.1. The van der Waals surface area contributed by atoms with Crippen molar-refractivity contribution in [2.75, 3.05) is 13.7 Å². The summed E-state index contributed by atoms with van der Waals surface area (Å²) in [7, 11) is 1.32. The van der Waals surface area contributed by atoms with E-state index in [9.17, 15) is 9.59 Å². The molecule has 1 aromatic carbocycles. The first-order valence-corrected chi connectivity index (χ1v) is 8.36. The van der Waals surface area contributed by atoms with E-state index in [-0.39, 0.29) is 12.5 Å². The van der Waals surface area contributed by atoms with Crippen LogP contribution in [0.15, 0.2) is 18.2 Å². The Balaban J connectivity index is 2.75. The number of carbonyl (C=O) groups excluding carboxylic acids is 2. The fraction of sp³-hybridized carbons (Fsp3) is 0.579. The summed E-state index contributed by atoms with van der Waals surface area (Å²) in [6, 6.07) is 6.00. The largest absolute Gasteiger partial charge is 0.483 e.